The highest BCUT2D eigenvalue weighted by Gasteiger charge is 2.31. The Kier molecular flexibility index (Phi) is 3.57. The summed E-state index contributed by atoms with van der Waals surface area (Å²) in [6.07, 6.45) is -6.00. The number of rotatable bonds is 2. The van der Waals surface area contributed by atoms with Gasteiger partial charge in [0, 0.05) is 5.56 Å². The molecule has 0 saturated carbocycles. The van der Waals surface area contributed by atoms with Crippen molar-refractivity contribution in [3.8, 4) is 0 Å². The molecule has 0 aliphatic heterocycles. The van der Waals surface area contributed by atoms with Crippen molar-refractivity contribution in [3.63, 3.8) is 0 Å². The fourth-order valence-electron chi connectivity index (χ4n) is 1.06. The smallest absolute Gasteiger partial charge is 0.387 e. The second-order valence-corrected chi connectivity index (χ2v) is 3.21. The molecular weight excluding hydrogens is 236 g/mol. The molecule has 0 bridgehead atoms. The van der Waals surface area contributed by atoms with Crippen molar-refractivity contribution >= 4 is 11.6 Å². The quantitative estimate of drug-likeness (QED) is 0.624. The number of aliphatic hydroxyl groups is 1. The summed E-state index contributed by atoms with van der Waals surface area (Å²) in [5.41, 5.74) is -1.46. The van der Waals surface area contributed by atoms with Gasteiger partial charge < -0.3 is 5.11 Å². The first-order valence-corrected chi connectivity index (χ1v) is 4.50. The SMILES string of the molecule is O[C@H](CCl)c1cc(C(F)(F)F)ccc1F. The van der Waals surface area contributed by atoms with Gasteiger partial charge in [0.1, 0.15) is 5.82 Å². The van der Waals surface area contributed by atoms with Gasteiger partial charge in [0.05, 0.1) is 17.5 Å². The summed E-state index contributed by atoms with van der Waals surface area (Å²) in [4.78, 5) is 0. The zero-order valence-corrected chi connectivity index (χ0v) is 8.11. The summed E-state index contributed by atoms with van der Waals surface area (Å²) < 4.78 is 49.7. The molecule has 0 fully saturated rings. The fourth-order valence-corrected chi connectivity index (χ4v) is 1.22. The molecule has 0 aliphatic rings. The van der Waals surface area contributed by atoms with Gasteiger partial charge in [-0.15, -0.1) is 11.6 Å². The van der Waals surface area contributed by atoms with Crippen molar-refractivity contribution in [2.45, 2.75) is 12.3 Å². The van der Waals surface area contributed by atoms with Crippen molar-refractivity contribution in [1.82, 2.24) is 0 Å². The van der Waals surface area contributed by atoms with E-state index >= 15 is 0 Å². The van der Waals surface area contributed by atoms with E-state index in [1.807, 2.05) is 0 Å². The van der Waals surface area contributed by atoms with E-state index in [-0.39, 0.29) is 5.88 Å². The van der Waals surface area contributed by atoms with E-state index in [9.17, 15) is 17.6 Å². The molecule has 0 heterocycles. The third kappa shape index (κ3) is 2.82. The fraction of sp³-hybridized carbons (Fsp3) is 0.333. The number of aliphatic hydroxyl groups excluding tert-OH is 1. The van der Waals surface area contributed by atoms with E-state index in [2.05, 4.69) is 0 Å². The van der Waals surface area contributed by atoms with Crippen LogP contribution >= 0.6 is 11.6 Å². The first-order valence-electron chi connectivity index (χ1n) is 3.97. The van der Waals surface area contributed by atoms with Crippen LogP contribution < -0.4 is 0 Å². The van der Waals surface area contributed by atoms with E-state index in [0.29, 0.717) is 18.2 Å². The van der Waals surface area contributed by atoms with Crippen molar-refractivity contribution in [2.24, 2.45) is 0 Å². The van der Waals surface area contributed by atoms with Gasteiger partial charge in [-0.25, -0.2) is 4.39 Å². The van der Waals surface area contributed by atoms with Crippen LogP contribution in [0.25, 0.3) is 0 Å². The summed E-state index contributed by atoms with van der Waals surface area (Å²) in [6.45, 7) is 0. The molecule has 6 heteroatoms. The third-order valence-electron chi connectivity index (χ3n) is 1.83. The lowest BCUT2D eigenvalue weighted by atomic mass is 10.1. The summed E-state index contributed by atoms with van der Waals surface area (Å²) >= 11 is 5.23. The molecule has 0 aromatic heterocycles. The maximum absolute atomic E-state index is 13.0. The van der Waals surface area contributed by atoms with Crippen LogP contribution in [-0.4, -0.2) is 11.0 Å². The number of alkyl halides is 4. The van der Waals surface area contributed by atoms with E-state index in [1.165, 1.54) is 0 Å². The summed E-state index contributed by atoms with van der Waals surface area (Å²) in [7, 11) is 0. The summed E-state index contributed by atoms with van der Waals surface area (Å²) in [5.74, 6) is -1.27. The van der Waals surface area contributed by atoms with E-state index < -0.39 is 29.2 Å². The maximum atomic E-state index is 13.0. The number of hydrogen-bond donors (Lipinski definition) is 1. The average molecular weight is 243 g/mol. The Balaban J connectivity index is 3.17. The van der Waals surface area contributed by atoms with Gasteiger partial charge in [0.25, 0.3) is 0 Å². The Bertz CT molecular complexity index is 350. The highest BCUT2D eigenvalue weighted by molar-refractivity contribution is 6.18. The molecule has 1 N–H and O–H groups in total. The second-order valence-electron chi connectivity index (χ2n) is 2.90. The van der Waals surface area contributed by atoms with Crippen molar-refractivity contribution < 1.29 is 22.7 Å². The molecule has 15 heavy (non-hydrogen) atoms. The predicted octanol–water partition coefficient (Wildman–Crippen LogP) is 3.12. The molecule has 1 rings (SSSR count). The molecule has 0 saturated heterocycles. The molecule has 0 unspecified atom stereocenters. The molecule has 1 atom stereocenters. The molecule has 0 radical (unpaired) electrons. The Morgan fingerprint density at radius 3 is 2.40 bits per heavy atom. The lowest BCUT2D eigenvalue weighted by Crippen LogP contribution is -2.09. The zero-order chi connectivity index (χ0) is 11.6. The monoisotopic (exact) mass is 242 g/mol. The Hall–Kier alpha value is -0.810. The normalized spacial score (nSPS) is 14.0. The van der Waals surface area contributed by atoms with E-state index in [0.717, 1.165) is 0 Å². The molecule has 1 aromatic carbocycles. The lowest BCUT2D eigenvalue weighted by Gasteiger charge is -2.12. The second kappa shape index (κ2) is 4.37. The predicted molar refractivity (Wildman–Crippen MR) is 47.1 cm³/mol. The van der Waals surface area contributed by atoms with Crippen molar-refractivity contribution in [2.75, 3.05) is 5.88 Å². The topological polar surface area (TPSA) is 20.2 Å². The Morgan fingerprint density at radius 1 is 1.33 bits per heavy atom. The van der Waals surface area contributed by atoms with Gasteiger partial charge in [-0.1, -0.05) is 0 Å². The minimum Gasteiger partial charge on any atom is -0.387 e. The van der Waals surface area contributed by atoms with Crippen LogP contribution in [-0.2, 0) is 6.18 Å². The molecule has 1 aromatic rings. The Labute approximate surface area is 88.3 Å². The van der Waals surface area contributed by atoms with Gasteiger partial charge in [-0.05, 0) is 18.2 Å². The largest absolute Gasteiger partial charge is 0.416 e. The zero-order valence-electron chi connectivity index (χ0n) is 7.35. The van der Waals surface area contributed by atoms with E-state index in [1.54, 1.807) is 0 Å². The van der Waals surface area contributed by atoms with Crippen LogP contribution in [0.1, 0.15) is 17.2 Å². The van der Waals surface area contributed by atoms with Crippen LogP contribution in [0.5, 0.6) is 0 Å². The van der Waals surface area contributed by atoms with Gasteiger partial charge in [0.2, 0.25) is 0 Å². The maximum Gasteiger partial charge on any atom is 0.416 e. The van der Waals surface area contributed by atoms with Crippen molar-refractivity contribution in [3.05, 3.63) is 35.1 Å². The highest BCUT2D eigenvalue weighted by atomic mass is 35.5. The van der Waals surface area contributed by atoms with Gasteiger partial charge in [0.15, 0.2) is 0 Å². The lowest BCUT2D eigenvalue weighted by molar-refractivity contribution is -0.137. The summed E-state index contributed by atoms with van der Waals surface area (Å²) in [5, 5.41) is 9.16. The van der Waals surface area contributed by atoms with Crippen LogP contribution in [0.4, 0.5) is 17.6 Å². The first kappa shape index (κ1) is 12.3. The van der Waals surface area contributed by atoms with Crippen molar-refractivity contribution in [1.29, 1.82) is 0 Å². The van der Waals surface area contributed by atoms with Gasteiger partial charge >= 0.3 is 6.18 Å². The summed E-state index contributed by atoms with van der Waals surface area (Å²) in [6, 6.07) is 1.83. The number of hydrogen-bond acceptors (Lipinski definition) is 1. The molecule has 84 valence electrons. The van der Waals surface area contributed by atoms with Crippen LogP contribution in [0.3, 0.4) is 0 Å². The van der Waals surface area contributed by atoms with Gasteiger partial charge in [-0.3, -0.25) is 0 Å². The average Bonchev–Trinajstić information content (AvgIpc) is 2.15. The molecule has 0 spiro atoms. The molecule has 1 nitrogen and oxygen atoms in total. The minimum absolute atomic E-state index is 0.363. The molecule has 0 amide bonds. The number of benzene rings is 1. The molecular formula is C9H7ClF4O. The van der Waals surface area contributed by atoms with E-state index in [4.69, 9.17) is 16.7 Å². The van der Waals surface area contributed by atoms with Crippen LogP contribution in [0.15, 0.2) is 18.2 Å². The standard InChI is InChI=1S/C9H7ClF4O/c10-4-8(15)6-3-5(9(12,13)14)1-2-7(6)11/h1-3,8,15H,4H2/t8-/m1/s1. The number of halogens is 5. The van der Waals surface area contributed by atoms with Gasteiger partial charge in [-0.2, -0.15) is 13.2 Å². The third-order valence-corrected chi connectivity index (χ3v) is 2.12. The van der Waals surface area contributed by atoms with Crippen LogP contribution in [0.2, 0.25) is 0 Å². The minimum atomic E-state index is -4.56. The molecule has 0 aliphatic carbocycles. The highest BCUT2D eigenvalue weighted by Crippen LogP contribution is 2.31. The van der Waals surface area contributed by atoms with Crippen LogP contribution in [0, 0.1) is 5.82 Å². The first-order chi connectivity index (χ1) is 6.86. The Morgan fingerprint density at radius 2 is 1.93 bits per heavy atom.